The van der Waals surface area contributed by atoms with E-state index in [4.69, 9.17) is 10.1 Å². The van der Waals surface area contributed by atoms with Crippen LogP contribution in [0.1, 0.15) is 51.2 Å². The molecular formula is C28H32N4O. The summed E-state index contributed by atoms with van der Waals surface area (Å²) in [5, 5.41) is 8.93. The Morgan fingerprint density at radius 2 is 1.58 bits per heavy atom. The summed E-state index contributed by atoms with van der Waals surface area (Å²) in [6, 6.07) is 12.5. The third-order valence-electron chi connectivity index (χ3n) is 6.42. The van der Waals surface area contributed by atoms with Crippen LogP contribution in [-0.2, 0) is 11.2 Å². The van der Waals surface area contributed by atoms with Crippen molar-refractivity contribution in [1.29, 1.82) is 0 Å². The summed E-state index contributed by atoms with van der Waals surface area (Å²) in [4.78, 5) is 17.6. The second-order valence-electron chi connectivity index (χ2n) is 9.19. The Kier molecular flexibility index (Phi) is 6.07. The van der Waals surface area contributed by atoms with Crippen LogP contribution in [0, 0.1) is 48.5 Å². The number of nitrogens with zero attached hydrogens (tertiary/aromatic N) is 3. The zero-order valence-electron chi connectivity index (χ0n) is 20.6. The summed E-state index contributed by atoms with van der Waals surface area (Å²) in [5.41, 5.74) is 11.7. The zero-order valence-corrected chi connectivity index (χ0v) is 20.6. The van der Waals surface area contributed by atoms with E-state index in [-0.39, 0.29) is 5.91 Å². The first kappa shape index (κ1) is 22.7. The molecule has 5 nitrogen and oxygen atoms in total. The molecule has 0 aliphatic rings. The van der Waals surface area contributed by atoms with Gasteiger partial charge in [-0.15, -0.1) is 0 Å². The molecular weight excluding hydrogens is 408 g/mol. The standard InChI is InChI=1S/C28H32N4O/c1-16-12-17(2)14-23(13-16)30-26(33)11-10-25-20(5)27-22(7)31-32(28(27)29-21(25)6)24-9-8-18(3)19(4)15-24/h8-9,12-15H,10-11H2,1-7H3,(H,30,33). The van der Waals surface area contributed by atoms with E-state index in [2.05, 4.69) is 50.4 Å². The minimum Gasteiger partial charge on any atom is -0.326 e. The normalized spacial score (nSPS) is 11.2. The Morgan fingerprint density at radius 3 is 2.24 bits per heavy atom. The van der Waals surface area contributed by atoms with E-state index in [9.17, 15) is 4.79 Å². The van der Waals surface area contributed by atoms with Gasteiger partial charge in [0.15, 0.2) is 5.65 Å². The van der Waals surface area contributed by atoms with Crippen LogP contribution < -0.4 is 5.32 Å². The van der Waals surface area contributed by atoms with Crippen molar-refractivity contribution in [3.63, 3.8) is 0 Å². The first-order valence-corrected chi connectivity index (χ1v) is 11.4. The molecule has 5 heteroatoms. The molecule has 4 rings (SSSR count). The lowest BCUT2D eigenvalue weighted by Gasteiger charge is -2.13. The van der Waals surface area contributed by atoms with E-state index in [0.717, 1.165) is 56.0 Å². The van der Waals surface area contributed by atoms with Crippen molar-refractivity contribution >= 4 is 22.6 Å². The number of benzene rings is 2. The average molecular weight is 441 g/mol. The first-order chi connectivity index (χ1) is 15.6. The van der Waals surface area contributed by atoms with Crippen molar-refractivity contribution < 1.29 is 4.79 Å². The summed E-state index contributed by atoms with van der Waals surface area (Å²) < 4.78 is 1.94. The number of carbonyl (C=O) groups is 1. The van der Waals surface area contributed by atoms with E-state index in [1.54, 1.807) is 0 Å². The second kappa shape index (κ2) is 8.81. The highest BCUT2D eigenvalue weighted by Gasteiger charge is 2.18. The van der Waals surface area contributed by atoms with Crippen molar-refractivity contribution in [2.24, 2.45) is 0 Å². The third kappa shape index (κ3) is 4.54. The first-order valence-electron chi connectivity index (χ1n) is 11.4. The molecule has 1 amide bonds. The van der Waals surface area contributed by atoms with Crippen molar-refractivity contribution in [1.82, 2.24) is 14.8 Å². The number of carbonyl (C=O) groups excluding carboxylic acids is 1. The SMILES string of the molecule is Cc1cc(C)cc(NC(=O)CCc2c(C)nc3c(c(C)nn3-c3ccc(C)c(C)c3)c2C)c1. The van der Waals surface area contributed by atoms with Gasteiger partial charge in [-0.3, -0.25) is 4.79 Å². The zero-order chi connectivity index (χ0) is 23.9. The monoisotopic (exact) mass is 440 g/mol. The van der Waals surface area contributed by atoms with Gasteiger partial charge in [-0.2, -0.15) is 5.10 Å². The Morgan fingerprint density at radius 1 is 0.879 bits per heavy atom. The summed E-state index contributed by atoms with van der Waals surface area (Å²) in [7, 11) is 0. The molecule has 0 unspecified atom stereocenters. The van der Waals surface area contributed by atoms with E-state index < -0.39 is 0 Å². The number of nitrogens with one attached hydrogen (secondary N) is 1. The maximum atomic E-state index is 12.7. The number of pyridine rings is 1. The molecule has 2 aromatic heterocycles. The number of hydrogen-bond acceptors (Lipinski definition) is 3. The molecule has 0 bridgehead atoms. The van der Waals surface area contributed by atoms with E-state index in [0.29, 0.717) is 12.8 Å². The summed E-state index contributed by atoms with van der Waals surface area (Å²) in [5.74, 6) is 0.0152. The Hall–Kier alpha value is -3.47. The molecule has 2 heterocycles. The molecule has 0 saturated carbocycles. The van der Waals surface area contributed by atoms with Crippen LogP contribution in [0.2, 0.25) is 0 Å². The van der Waals surface area contributed by atoms with Crippen LogP contribution in [0.4, 0.5) is 5.69 Å². The molecule has 1 N–H and O–H groups in total. The topological polar surface area (TPSA) is 59.8 Å². The molecule has 170 valence electrons. The van der Waals surface area contributed by atoms with Gasteiger partial charge in [0.05, 0.1) is 11.4 Å². The average Bonchev–Trinajstić information content (AvgIpc) is 3.05. The van der Waals surface area contributed by atoms with E-state index >= 15 is 0 Å². The fraction of sp³-hybridized carbons (Fsp3) is 0.321. The van der Waals surface area contributed by atoms with Gasteiger partial charge < -0.3 is 5.32 Å². The number of amides is 1. The predicted octanol–water partition coefficient (Wildman–Crippen LogP) is 6.15. The van der Waals surface area contributed by atoms with Crippen LogP contribution in [0.25, 0.3) is 16.7 Å². The van der Waals surface area contributed by atoms with Crippen LogP contribution >= 0.6 is 0 Å². The van der Waals surface area contributed by atoms with Crippen LogP contribution in [0.5, 0.6) is 0 Å². The van der Waals surface area contributed by atoms with Crippen LogP contribution in [-0.4, -0.2) is 20.7 Å². The summed E-state index contributed by atoms with van der Waals surface area (Å²) >= 11 is 0. The number of hydrogen-bond donors (Lipinski definition) is 1. The fourth-order valence-electron chi connectivity index (χ4n) is 4.62. The highest BCUT2D eigenvalue weighted by atomic mass is 16.1. The Labute approximate surface area is 195 Å². The highest BCUT2D eigenvalue weighted by molar-refractivity contribution is 5.91. The quantitative estimate of drug-likeness (QED) is 0.405. The van der Waals surface area contributed by atoms with Crippen molar-refractivity contribution in [3.05, 3.63) is 81.2 Å². The van der Waals surface area contributed by atoms with Crippen LogP contribution in [0.15, 0.2) is 36.4 Å². The van der Waals surface area contributed by atoms with Gasteiger partial charge in [0.2, 0.25) is 5.91 Å². The van der Waals surface area contributed by atoms with Gasteiger partial charge in [-0.1, -0.05) is 12.1 Å². The molecule has 0 saturated heterocycles. The number of aryl methyl sites for hydroxylation is 7. The maximum absolute atomic E-state index is 12.7. The Bertz CT molecular complexity index is 1360. The lowest BCUT2D eigenvalue weighted by atomic mass is 9.99. The molecule has 4 aromatic rings. The maximum Gasteiger partial charge on any atom is 0.224 e. The molecule has 0 atom stereocenters. The van der Waals surface area contributed by atoms with E-state index in [1.807, 2.05) is 44.5 Å². The van der Waals surface area contributed by atoms with Gasteiger partial charge in [0.25, 0.3) is 0 Å². The second-order valence-corrected chi connectivity index (χ2v) is 9.19. The number of fused-ring (bicyclic) bond motifs is 1. The lowest BCUT2D eigenvalue weighted by molar-refractivity contribution is -0.116. The smallest absolute Gasteiger partial charge is 0.224 e. The number of rotatable bonds is 5. The molecule has 0 radical (unpaired) electrons. The summed E-state index contributed by atoms with van der Waals surface area (Å²) in [6.07, 6.45) is 1.05. The molecule has 0 fully saturated rings. The number of anilines is 1. The molecule has 33 heavy (non-hydrogen) atoms. The molecule has 0 aliphatic heterocycles. The minimum absolute atomic E-state index is 0.0152. The largest absolute Gasteiger partial charge is 0.326 e. The third-order valence-corrected chi connectivity index (χ3v) is 6.42. The van der Waals surface area contributed by atoms with Crippen molar-refractivity contribution in [2.45, 2.75) is 61.3 Å². The summed E-state index contributed by atoms with van der Waals surface area (Å²) in [6.45, 7) is 14.5. The predicted molar refractivity (Wildman–Crippen MR) is 135 cm³/mol. The van der Waals surface area contributed by atoms with E-state index in [1.165, 1.54) is 11.1 Å². The minimum atomic E-state index is 0.0152. The fourth-order valence-corrected chi connectivity index (χ4v) is 4.62. The van der Waals surface area contributed by atoms with Gasteiger partial charge >= 0.3 is 0 Å². The molecule has 0 spiro atoms. The lowest BCUT2D eigenvalue weighted by Crippen LogP contribution is -2.13. The van der Waals surface area contributed by atoms with Crippen molar-refractivity contribution in [2.75, 3.05) is 5.32 Å². The highest BCUT2D eigenvalue weighted by Crippen LogP contribution is 2.29. The van der Waals surface area contributed by atoms with Crippen molar-refractivity contribution in [3.8, 4) is 5.69 Å². The van der Waals surface area contributed by atoms with Gasteiger partial charge in [0, 0.05) is 23.2 Å². The van der Waals surface area contributed by atoms with Crippen LogP contribution in [0.3, 0.4) is 0 Å². The van der Waals surface area contributed by atoms with Gasteiger partial charge in [-0.05, 0) is 113 Å². The van der Waals surface area contributed by atoms with Gasteiger partial charge in [0.1, 0.15) is 0 Å². The molecule has 2 aromatic carbocycles. The number of aromatic nitrogens is 3. The Balaban J connectivity index is 1.62. The molecule has 0 aliphatic carbocycles. The van der Waals surface area contributed by atoms with Gasteiger partial charge in [-0.25, -0.2) is 9.67 Å².